The van der Waals surface area contributed by atoms with Crippen LogP contribution in [-0.2, 0) is 0 Å². The molecule has 0 fully saturated rings. The van der Waals surface area contributed by atoms with Crippen molar-refractivity contribution in [2.24, 2.45) is 5.41 Å². The first-order chi connectivity index (χ1) is 7.03. The fourth-order valence-electron chi connectivity index (χ4n) is 1.55. The van der Waals surface area contributed by atoms with Crippen LogP contribution < -0.4 is 5.32 Å². The van der Waals surface area contributed by atoms with E-state index in [2.05, 4.69) is 50.5 Å². The lowest BCUT2D eigenvalue weighted by Crippen LogP contribution is -2.30. The van der Waals surface area contributed by atoms with Gasteiger partial charge in [0, 0.05) is 17.5 Å². The van der Waals surface area contributed by atoms with Gasteiger partial charge in [-0.3, -0.25) is 0 Å². The summed E-state index contributed by atoms with van der Waals surface area (Å²) in [6.45, 7) is 10.2. The highest BCUT2D eigenvalue weighted by atomic mass is 32.1. The fraction of sp³-hybridized carbons (Fsp3) is 0.692. The van der Waals surface area contributed by atoms with Gasteiger partial charge < -0.3 is 5.32 Å². The standard InChI is InChI=1S/C13H23NS/c1-5-7-11(12-8-6-9-15-12)14-10-13(2,3)4/h6,8-9,11,14H,5,7,10H2,1-4H3. The molecule has 0 bridgehead atoms. The first-order valence-corrected chi connectivity index (χ1v) is 6.67. The Bertz CT molecular complexity index is 259. The quantitative estimate of drug-likeness (QED) is 0.791. The monoisotopic (exact) mass is 225 g/mol. The van der Waals surface area contributed by atoms with Crippen molar-refractivity contribution in [2.75, 3.05) is 6.54 Å². The summed E-state index contributed by atoms with van der Waals surface area (Å²) in [5, 5.41) is 5.84. The van der Waals surface area contributed by atoms with Crippen molar-refractivity contribution in [3.05, 3.63) is 22.4 Å². The molecular formula is C13H23NS. The molecule has 0 saturated heterocycles. The van der Waals surface area contributed by atoms with Gasteiger partial charge in [-0.25, -0.2) is 0 Å². The number of hydrogen-bond acceptors (Lipinski definition) is 2. The molecule has 0 radical (unpaired) electrons. The summed E-state index contributed by atoms with van der Waals surface area (Å²) in [7, 11) is 0. The van der Waals surface area contributed by atoms with Gasteiger partial charge in [-0.15, -0.1) is 11.3 Å². The smallest absolute Gasteiger partial charge is 0.0414 e. The van der Waals surface area contributed by atoms with Gasteiger partial charge >= 0.3 is 0 Å². The van der Waals surface area contributed by atoms with Crippen LogP contribution in [-0.4, -0.2) is 6.54 Å². The Balaban J connectivity index is 2.52. The SMILES string of the molecule is CCCC(NCC(C)(C)C)c1cccs1. The molecule has 0 aliphatic heterocycles. The zero-order valence-corrected chi connectivity index (χ0v) is 11.2. The van der Waals surface area contributed by atoms with Crippen LogP contribution in [0.3, 0.4) is 0 Å². The Morgan fingerprint density at radius 3 is 2.60 bits per heavy atom. The molecule has 0 aliphatic carbocycles. The average Bonchev–Trinajstić information content (AvgIpc) is 2.63. The maximum atomic E-state index is 3.67. The van der Waals surface area contributed by atoms with Gasteiger partial charge in [0.25, 0.3) is 0 Å². The third-order valence-corrected chi connectivity index (χ3v) is 3.33. The zero-order valence-electron chi connectivity index (χ0n) is 10.3. The van der Waals surface area contributed by atoms with Crippen molar-refractivity contribution in [3.63, 3.8) is 0 Å². The van der Waals surface area contributed by atoms with Crippen LogP contribution in [0.1, 0.15) is 51.5 Å². The molecule has 0 spiro atoms. The molecule has 1 aromatic heterocycles. The van der Waals surface area contributed by atoms with Crippen molar-refractivity contribution in [2.45, 2.75) is 46.6 Å². The van der Waals surface area contributed by atoms with Gasteiger partial charge in [0.2, 0.25) is 0 Å². The largest absolute Gasteiger partial charge is 0.309 e. The van der Waals surface area contributed by atoms with E-state index < -0.39 is 0 Å². The lowest BCUT2D eigenvalue weighted by Gasteiger charge is -2.24. The van der Waals surface area contributed by atoms with E-state index in [4.69, 9.17) is 0 Å². The lowest BCUT2D eigenvalue weighted by molar-refractivity contribution is 0.346. The molecule has 1 heterocycles. The second-order valence-corrected chi connectivity index (χ2v) is 6.28. The van der Waals surface area contributed by atoms with Crippen molar-refractivity contribution in [3.8, 4) is 0 Å². The summed E-state index contributed by atoms with van der Waals surface area (Å²) >= 11 is 1.86. The molecule has 2 heteroatoms. The van der Waals surface area contributed by atoms with Gasteiger partial charge in [0.05, 0.1) is 0 Å². The molecule has 1 rings (SSSR count). The van der Waals surface area contributed by atoms with Crippen LogP contribution in [0, 0.1) is 5.41 Å². The summed E-state index contributed by atoms with van der Waals surface area (Å²) in [5.74, 6) is 0. The van der Waals surface area contributed by atoms with E-state index in [1.807, 2.05) is 11.3 Å². The molecule has 15 heavy (non-hydrogen) atoms. The Hall–Kier alpha value is -0.340. The molecule has 0 aromatic carbocycles. The Morgan fingerprint density at radius 1 is 1.40 bits per heavy atom. The minimum Gasteiger partial charge on any atom is -0.309 e. The van der Waals surface area contributed by atoms with Gasteiger partial charge in [0.15, 0.2) is 0 Å². The molecule has 0 aliphatic rings. The Kier molecular flexibility index (Phi) is 4.81. The summed E-state index contributed by atoms with van der Waals surface area (Å²) < 4.78 is 0. The van der Waals surface area contributed by atoms with Crippen LogP contribution in [0.2, 0.25) is 0 Å². The average molecular weight is 225 g/mol. The number of rotatable bonds is 5. The van der Waals surface area contributed by atoms with E-state index in [0.717, 1.165) is 6.54 Å². The molecule has 1 aromatic rings. The van der Waals surface area contributed by atoms with E-state index >= 15 is 0 Å². The van der Waals surface area contributed by atoms with Gasteiger partial charge in [-0.05, 0) is 23.3 Å². The Labute approximate surface area is 97.9 Å². The van der Waals surface area contributed by atoms with Gasteiger partial charge in [0.1, 0.15) is 0 Å². The highest BCUT2D eigenvalue weighted by Gasteiger charge is 2.15. The highest BCUT2D eigenvalue weighted by molar-refractivity contribution is 7.10. The molecule has 1 unspecified atom stereocenters. The van der Waals surface area contributed by atoms with Crippen LogP contribution >= 0.6 is 11.3 Å². The topological polar surface area (TPSA) is 12.0 Å². The van der Waals surface area contributed by atoms with E-state index in [1.54, 1.807) is 0 Å². The van der Waals surface area contributed by atoms with Crippen molar-refractivity contribution in [1.29, 1.82) is 0 Å². The zero-order chi connectivity index (χ0) is 11.3. The molecule has 1 N–H and O–H groups in total. The van der Waals surface area contributed by atoms with Crippen molar-refractivity contribution >= 4 is 11.3 Å². The molecule has 1 atom stereocenters. The van der Waals surface area contributed by atoms with Crippen LogP contribution in [0.4, 0.5) is 0 Å². The molecular weight excluding hydrogens is 202 g/mol. The minimum absolute atomic E-state index is 0.364. The van der Waals surface area contributed by atoms with Crippen molar-refractivity contribution in [1.82, 2.24) is 5.32 Å². The third kappa shape index (κ3) is 4.80. The normalized spacial score (nSPS) is 14.1. The number of hydrogen-bond donors (Lipinski definition) is 1. The number of nitrogens with one attached hydrogen (secondary N) is 1. The summed E-state index contributed by atoms with van der Waals surface area (Å²) in [5.41, 5.74) is 0.364. The molecule has 0 saturated carbocycles. The second kappa shape index (κ2) is 5.66. The van der Waals surface area contributed by atoms with E-state index in [-0.39, 0.29) is 0 Å². The third-order valence-electron chi connectivity index (χ3n) is 2.34. The number of thiophene rings is 1. The highest BCUT2D eigenvalue weighted by Crippen LogP contribution is 2.24. The summed E-state index contributed by atoms with van der Waals surface area (Å²) in [6.07, 6.45) is 2.47. The van der Waals surface area contributed by atoms with Crippen LogP contribution in [0.25, 0.3) is 0 Å². The Morgan fingerprint density at radius 2 is 2.13 bits per heavy atom. The maximum absolute atomic E-state index is 3.67. The van der Waals surface area contributed by atoms with Gasteiger partial charge in [-0.1, -0.05) is 40.2 Å². The van der Waals surface area contributed by atoms with Crippen LogP contribution in [0.5, 0.6) is 0 Å². The molecule has 0 amide bonds. The van der Waals surface area contributed by atoms with Gasteiger partial charge in [-0.2, -0.15) is 0 Å². The molecule has 86 valence electrons. The van der Waals surface area contributed by atoms with Crippen LogP contribution in [0.15, 0.2) is 17.5 Å². The first kappa shape index (κ1) is 12.7. The fourth-order valence-corrected chi connectivity index (χ4v) is 2.39. The predicted molar refractivity (Wildman–Crippen MR) is 69.4 cm³/mol. The first-order valence-electron chi connectivity index (χ1n) is 5.79. The maximum Gasteiger partial charge on any atom is 0.0414 e. The second-order valence-electron chi connectivity index (χ2n) is 5.30. The van der Waals surface area contributed by atoms with E-state index in [1.165, 1.54) is 17.7 Å². The summed E-state index contributed by atoms with van der Waals surface area (Å²) in [4.78, 5) is 1.47. The molecule has 1 nitrogen and oxygen atoms in total. The summed E-state index contributed by atoms with van der Waals surface area (Å²) in [6, 6.07) is 4.93. The van der Waals surface area contributed by atoms with Crippen molar-refractivity contribution < 1.29 is 0 Å². The lowest BCUT2D eigenvalue weighted by atomic mass is 9.96. The predicted octanol–water partition coefficient (Wildman–Crippen LogP) is 4.23. The van der Waals surface area contributed by atoms with E-state index in [9.17, 15) is 0 Å². The van der Waals surface area contributed by atoms with E-state index in [0.29, 0.717) is 11.5 Å². The minimum atomic E-state index is 0.364.